The number of hydrogen-bond donors (Lipinski definition) is 1. The van der Waals surface area contributed by atoms with Crippen molar-refractivity contribution in [2.24, 2.45) is 0 Å². The largest absolute Gasteiger partial charge is 0.395 e. The Hall–Kier alpha value is -0.350. The lowest BCUT2D eigenvalue weighted by Gasteiger charge is -2.37. The van der Waals surface area contributed by atoms with Gasteiger partial charge < -0.3 is 5.11 Å². The summed E-state index contributed by atoms with van der Waals surface area (Å²) in [7, 11) is 0. The average Bonchev–Trinajstić information content (AvgIpc) is 2.21. The average molecular weight is 275 g/mol. The molecule has 1 saturated carbocycles. The third kappa shape index (κ3) is 3.32. The van der Waals surface area contributed by atoms with Crippen molar-refractivity contribution in [2.45, 2.75) is 31.8 Å². The third-order valence-corrected chi connectivity index (χ3v) is 3.77. The van der Waals surface area contributed by atoms with Crippen LogP contribution in [0.4, 0.5) is 0 Å². The summed E-state index contributed by atoms with van der Waals surface area (Å²) in [5, 5.41) is 10.2. The minimum Gasteiger partial charge on any atom is -0.395 e. The van der Waals surface area contributed by atoms with Gasteiger partial charge in [0.25, 0.3) is 0 Å². The molecule has 2 rings (SSSR count). The van der Waals surface area contributed by atoms with Crippen molar-refractivity contribution in [3.05, 3.63) is 28.0 Å². The number of pyridine rings is 1. The van der Waals surface area contributed by atoms with E-state index in [0.717, 1.165) is 5.69 Å². The van der Waals surface area contributed by atoms with Crippen molar-refractivity contribution in [1.29, 1.82) is 0 Å². The maximum absolute atomic E-state index is 9.09. The Morgan fingerprint density at radius 1 is 1.35 bits per heavy atom. The number of aliphatic hydroxyl groups excluding tert-OH is 1. The zero-order valence-electron chi connectivity index (χ0n) is 9.57. The van der Waals surface area contributed by atoms with E-state index in [-0.39, 0.29) is 6.61 Å². The van der Waals surface area contributed by atoms with Gasteiger partial charge >= 0.3 is 0 Å². The fourth-order valence-electron chi connectivity index (χ4n) is 2.03. The van der Waals surface area contributed by atoms with Crippen LogP contribution in [0.5, 0.6) is 0 Å². The molecule has 0 spiro atoms. The van der Waals surface area contributed by atoms with Crippen LogP contribution in [0.25, 0.3) is 0 Å². The maximum Gasteiger partial charge on any atom is 0.129 e. The molecular weight excluding hydrogens is 259 g/mol. The molecule has 17 heavy (non-hydrogen) atoms. The van der Waals surface area contributed by atoms with Crippen molar-refractivity contribution in [1.82, 2.24) is 9.88 Å². The van der Waals surface area contributed by atoms with Crippen molar-refractivity contribution >= 4 is 23.2 Å². The molecule has 0 unspecified atom stereocenters. The maximum atomic E-state index is 9.09. The highest BCUT2D eigenvalue weighted by atomic mass is 35.5. The van der Waals surface area contributed by atoms with E-state index in [1.165, 1.54) is 19.3 Å². The van der Waals surface area contributed by atoms with E-state index < -0.39 is 0 Å². The second-order valence-electron chi connectivity index (χ2n) is 4.34. The van der Waals surface area contributed by atoms with Crippen LogP contribution in [-0.4, -0.2) is 34.2 Å². The quantitative estimate of drug-likeness (QED) is 0.839. The monoisotopic (exact) mass is 274 g/mol. The molecule has 5 heteroatoms. The molecular formula is C12H16Cl2N2O. The van der Waals surface area contributed by atoms with E-state index in [4.69, 9.17) is 28.3 Å². The lowest BCUT2D eigenvalue weighted by atomic mass is 9.91. The molecule has 0 aromatic carbocycles. The van der Waals surface area contributed by atoms with Crippen LogP contribution in [0.2, 0.25) is 10.2 Å². The van der Waals surface area contributed by atoms with Crippen LogP contribution in [0.1, 0.15) is 25.0 Å². The van der Waals surface area contributed by atoms with Crippen LogP contribution in [0.3, 0.4) is 0 Å². The van der Waals surface area contributed by atoms with E-state index in [1.54, 1.807) is 12.1 Å². The highest BCUT2D eigenvalue weighted by Crippen LogP contribution is 2.27. The molecule has 0 bridgehead atoms. The fraction of sp³-hybridized carbons (Fsp3) is 0.583. The Kier molecular flexibility index (Phi) is 4.62. The Balaban J connectivity index is 2.07. The van der Waals surface area contributed by atoms with Gasteiger partial charge in [0.15, 0.2) is 0 Å². The first-order valence-corrected chi connectivity index (χ1v) is 6.62. The molecule has 0 radical (unpaired) electrons. The van der Waals surface area contributed by atoms with Crippen LogP contribution >= 0.6 is 23.2 Å². The van der Waals surface area contributed by atoms with Gasteiger partial charge in [0.05, 0.1) is 17.3 Å². The van der Waals surface area contributed by atoms with Crippen molar-refractivity contribution < 1.29 is 5.11 Å². The number of nitrogens with zero attached hydrogens (tertiary/aromatic N) is 2. The number of aliphatic hydroxyl groups is 1. The standard InChI is InChI=1S/C12H16Cl2N2O/c13-10-4-5-12(14)15-11(10)8-16(6-7-17)9-2-1-3-9/h4-5,9,17H,1-3,6-8H2. The summed E-state index contributed by atoms with van der Waals surface area (Å²) in [6.45, 7) is 1.48. The van der Waals surface area contributed by atoms with E-state index >= 15 is 0 Å². The molecule has 0 aliphatic heterocycles. The molecule has 1 N–H and O–H groups in total. The minimum absolute atomic E-state index is 0.161. The van der Waals surface area contributed by atoms with Gasteiger partial charge in [-0.25, -0.2) is 4.98 Å². The first-order valence-electron chi connectivity index (χ1n) is 5.86. The van der Waals surface area contributed by atoms with Crippen molar-refractivity contribution in [3.63, 3.8) is 0 Å². The number of hydrogen-bond acceptors (Lipinski definition) is 3. The van der Waals surface area contributed by atoms with Gasteiger partial charge in [0.2, 0.25) is 0 Å². The minimum atomic E-state index is 0.161. The molecule has 0 saturated heterocycles. The molecule has 1 heterocycles. The van der Waals surface area contributed by atoms with Gasteiger partial charge in [0, 0.05) is 19.1 Å². The first kappa shape index (κ1) is 13.1. The van der Waals surface area contributed by atoms with Crippen LogP contribution in [0, 0.1) is 0 Å². The third-order valence-electron chi connectivity index (χ3n) is 3.22. The second-order valence-corrected chi connectivity index (χ2v) is 5.14. The van der Waals surface area contributed by atoms with E-state index in [1.807, 2.05) is 0 Å². The van der Waals surface area contributed by atoms with Gasteiger partial charge in [-0.05, 0) is 25.0 Å². The first-order chi connectivity index (χ1) is 8.20. The summed E-state index contributed by atoms with van der Waals surface area (Å²) in [6.07, 6.45) is 3.65. The molecule has 1 aliphatic carbocycles. The van der Waals surface area contributed by atoms with E-state index in [2.05, 4.69) is 9.88 Å². The lowest BCUT2D eigenvalue weighted by molar-refractivity contribution is 0.0934. The summed E-state index contributed by atoms with van der Waals surface area (Å²) in [5.74, 6) is 0. The number of halogens is 2. The molecule has 1 fully saturated rings. The Labute approximate surface area is 111 Å². The number of aromatic nitrogens is 1. The summed E-state index contributed by atoms with van der Waals surface area (Å²) in [5.41, 5.74) is 0.791. The molecule has 3 nitrogen and oxygen atoms in total. The molecule has 1 aliphatic rings. The topological polar surface area (TPSA) is 36.4 Å². The molecule has 0 atom stereocenters. The predicted octanol–water partition coefficient (Wildman–Crippen LogP) is 2.74. The number of rotatable bonds is 5. The van der Waals surface area contributed by atoms with E-state index in [0.29, 0.717) is 29.3 Å². The van der Waals surface area contributed by atoms with Crippen molar-refractivity contribution in [3.8, 4) is 0 Å². The van der Waals surface area contributed by atoms with Crippen molar-refractivity contribution in [2.75, 3.05) is 13.2 Å². The van der Waals surface area contributed by atoms with Gasteiger partial charge in [-0.3, -0.25) is 4.90 Å². The summed E-state index contributed by atoms with van der Waals surface area (Å²) >= 11 is 12.0. The Morgan fingerprint density at radius 3 is 2.71 bits per heavy atom. The van der Waals surface area contributed by atoms with E-state index in [9.17, 15) is 0 Å². The second kappa shape index (κ2) is 6.01. The predicted molar refractivity (Wildman–Crippen MR) is 69.4 cm³/mol. The Morgan fingerprint density at radius 2 is 2.12 bits per heavy atom. The summed E-state index contributed by atoms with van der Waals surface area (Å²) in [6, 6.07) is 4.01. The molecule has 94 valence electrons. The smallest absolute Gasteiger partial charge is 0.129 e. The van der Waals surface area contributed by atoms with Gasteiger partial charge in [0.1, 0.15) is 5.15 Å². The molecule has 1 aromatic rings. The highest BCUT2D eigenvalue weighted by molar-refractivity contribution is 6.32. The van der Waals surface area contributed by atoms with Crippen LogP contribution in [0.15, 0.2) is 12.1 Å². The summed E-state index contributed by atoms with van der Waals surface area (Å²) in [4.78, 5) is 6.48. The zero-order valence-corrected chi connectivity index (χ0v) is 11.1. The fourth-order valence-corrected chi connectivity index (χ4v) is 2.36. The normalized spacial score (nSPS) is 16.2. The zero-order chi connectivity index (χ0) is 12.3. The SMILES string of the molecule is OCCN(Cc1nc(Cl)ccc1Cl)C1CCC1. The van der Waals surface area contributed by atoms with Gasteiger partial charge in [-0.2, -0.15) is 0 Å². The highest BCUT2D eigenvalue weighted by Gasteiger charge is 2.25. The molecule has 0 amide bonds. The Bertz CT molecular complexity index is 383. The molecule has 1 aromatic heterocycles. The lowest BCUT2D eigenvalue weighted by Crippen LogP contribution is -2.41. The van der Waals surface area contributed by atoms with Gasteiger partial charge in [-0.1, -0.05) is 29.6 Å². The van der Waals surface area contributed by atoms with Crippen LogP contribution < -0.4 is 0 Å². The van der Waals surface area contributed by atoms with Crippen LogP contribution in [-0.2, 0) is 6.54 Å². The summed E-state index contributed by atoms with van der Waals surface area (Å²) < 4.78 is 0. The van der Waals surface area contributed by atoms with Gasteiger partial charge in [-0.15, -0.1) is 0 Å².